The van der Waals surface area contributed by atoms with Crippen LogP contribution in [0.4, 0.5) is 0 Å². The van der Waals surface area contributed by atoms with Crippen LogP contribution in [0.5, 0.6) is 0 Å². The van der Waals surface area contributed by atoms with Gasteiger partial charge >= 0.3 is 0 Å². The molecule has 0 saturated carbocycles. The van der Waals surface area contributed by atoms with E-state index in [1.165, 1.54) is 28.6 Å². The summed E-state index contributed by atoms with van der Waals surface area (Å²) >= 11 is 3.07. The van der Waals surface area contributed by atoms with Gasteiger partial charge in [0.1, 0.15) is 4.83 Å². The van der Waals surface area contributed by atoms with Crippen LogP contribution in [-0.2, 0) is 19.4 Å². The Bertz CT molecular complexity index is 845. The van der Waals surface area contributed by atoms with E-state index in [1.54, 1.807) is 11.3 Å². The van der Waals surface area contributed by atoms with Crippen LogP contribution in [0.15, 0.2) is 9.95 Å². The monoisotopic (exact) mass is 361 g/mol. The zero-order valence-electron chi connectivity index (χ0n) is 14.5. The highest BCUT2D eigenvalue weighted by Gasteiger charge is 2.22. The Balaban J connectivity index is 2.15. The minimum Gasteiger partial charge on any atom is -0.287 e. The standard InChI is InChI=1S/C18H23N3OS2/c1-11(2)8-9-21-17(22)15-13-6-4-5-7-14(13)24-16(15)20-18(21)23-12(3)10-19/h11-12H,4-9H2,1-3H3/t12-/m0/s1. The number of nitrogens with zero attached hydrogens (tertiary/aromatic N) is 3. The Morgan fingerprint density at radius 3 is 2.79 bits per heavy atom. The van der Waals surface area contributed by atoms with Crippen molar-refractivity contribution in [1.29, 1.82) is 5.26 Å². The normalized spacial score (nSPS) is 15.5. The summed E-state index contributed by atoms with van der Waals surface area (Å²) in [6.07, 6.45) is 5.37. The molecule has 1 aliphatic carbocycles. The molecular formula is C18H23N3OS2. The van der Waals surface area contributed by atoms with Crippen LogP contribution in [0.25, 0.3) is 10.2 Å². The summed E-state index contributed by atoms with van der Waals surface area (Å²) < 4.78 is 1.81. The summed E-state index contributed by atoms with van der Waals surface area (Å²) in [6, 6.07) is 2.23. The fourth-order valence-corrected chi connectivity index (χ4v) is 5.20. The molecule has 1 atom stereocenters. The Labute approximate surface area is 150 Å². The first-order valence-corrected chi connectivity index (χ1v) is 10.3. The Morgan fingerprint density at radius 2 is 2.08 bits per heavy atom. The lowest BCUT2D eigenvalue weighted by Crippen LogP contribution is -2.25. The predicted molar refractivity (Wildman–Crippen MR) is 101 cm³/mol. The highest BCUT2D eigenvalue weighted by atomic mass is 32.2. The van der Waals surface area contributed by atoms with Gasteiger partial charge in [0.2, 0.25) is 0 Å². The average Bonchev–Trinajstić information content (AvgIpc) is 2.92. The summed E-state index contributed by atoms with van der Waals surface area (Å²) in [5, 5.41) is 10.5. The van der Waals surface area contributed by atoms with E-state index in [2.05, 4.69) is 19.9 Å². The van der Waals surface area contributed by atoms with Crippen molar-refractivity contribution in [1.82, 2.24) is 9.55 Å². The third-order valence-corrected chi connectivity index (χ3v) is 6.60. The van der Waals surface area contributed by atoms with Gasteiger partial charge in [0.05, 0.1) is 16.7 Å². The van der Waals surface area contributed by atoms with Gasteiger partial charge in [0.15, 0.2) is 5.16 Å². The highest BCUT2D eigenvalue weighted by Crippen LogP contribution is 2.35. The largest absolute Gasteiger partial charge is 0.287 e. The number of aryl methyl sites for hydroxylation is 2. The molecule has 0 bridgehead atoms. The quantitative estimate of drug-likeness (QED) is 0.585. The fourth-order valence-electron chi connectivity index (χ4n) is 3.08. The Kier molecular flexibility index (Phi) is 5.31. The lowest BCUT2D eigenvalue weighted by Gasteiger charge is -2.15. The second-order valence-corrected chi connectivity index (χ2v) is 9.21. The maximum absolute atomic E-state index is 13.2. The van der Waals surface area contributed by atoms with Gasteiger partial charge in [0, 0.05) is 11.4 Å². The first kappa shape index (κ1) is 17.5. The van der Waals surface area contributed by atoms with Gasteiger partial charge in [-0.2, -0.15) is 5.26 Å². The summed E-state index contributed by atoms with van der Waals surface area (Å²) in [6.45, 7) is 6.85. The first-order valence-electron chi connectivity index (χ1n) is 8.62. The number of hydrogen-bond acceptors (Lipinski definition) is 5. The Hall–Kier alpha value is -1.32. The average molecular weight is 362 g/mol. The van der Waals surface area contributed by atoms with Gasteiger partial charge in [-0.3, -0.25) is 9.36 Å². The van der Waals surface area contributed by atoms with Gasteiger partial charge in [-0.05, 0) is 50.5 Å². The molecule has 4 nitrogen and oxygen atoms in total. The smallest absolute Gasteiger partial charge is 0.263 e. The van der Waals surface area contributed by atoms with Crippen LogP contribution < -0.4 is 5.56 Å². The van der Waals surface area contributed by atoms with E-state index >= 15 is 0 Å². The van der Waals surface area contributed by atoms with Crippen LogP contribution in [0.3, 0.4) is 0 Å². The SMILES string of the molecule is CC(C)CCn1c(S[C@@H](C)C#N)nc2sc3c(c2c1=O)CCCC3. The molecule has 0 fully saturated rings. The predicted octanol–water partition coefficient (Wildman–Crippen LogP) is 4.39. The molecular weight excluding hydrogens is 338 g/mol. The molecule has 2 heterocycles. The topological polar surface area (TPSA) is 58.7 Å². The lowest BCUT2D eigenvalue weighted by molar-refractivity contribution is 0.481. The number of fused-ring (bicyclic) bond motifs is 3. The molecule has 0 N–H and O–H groups in total. The molecule has 1 aliphatic rings. The maximum atomic E-state index is 13.2. The van der Waals surface area contributed by atoms with E-state index in [-0.39, 0.29) is 10.8 Å². The van der Waals surface area contributed by atoms with Crippen LogP contribution in [-0.4, -0.2) is 14.8 Å². The van der Waals surface area contributed by atoms with Crippen molar-refractivity contribution < 1.29 is 0 Å². The Morgan fingerprint density at radius 1 is 1.33 bits per heavy atom. The molecule has 0 aliphatic heterocycles. The zero-order valence-corrected chi connectivity index (χ0v) is 16.1. The number of hydrogen-bond donors (Lipinski definition) is 0. The molecule has 3 rings (SSSR count). The van der Waals surface area contributed by atoms with Crippen molar-refractivity contribution in [3.8, 4) is 6.07 Å². The third kappa shape index (κ3) is 3.38. The van der Waals surface area contributed by atoms with Crippen molar-refractivity contribution in [2.24, 2.45) is 5.92 Å². The third-order valence-electron chi connectivity index (χ3n) is 4.43. The van der Waals surface area contributed by atoms with Gasteiger partial charge in [-0.1, -0.05) is 25.6 Å². The molecule has 2 aromatic heterocycles. The second-order valence-electron chi connectivity index (χ2n) is 6.81. The van der Waals surface area contributed by atoms with Crippen LogP contribution in [0.1, 0.15) is 50.5 Å². The van der Waals surface area contributed by atoms with E-state index in [4.69, 9.17) is 10.2 Å². The van der Waals surface area contributed by atoms with Crippen molar-refractivity contribution in [2.75, 3.05) is 0 Å². The van der Waals surface area contributed by atoms with E-state index < -0.39 is 0 Å². The van der Waals surface area contributed by atoms with Gasteiger partial charge in [-0.15, -0.1) is 11.3 Å². The van der Waals surface area contributed by atoms with Crippen LogP contribution >= 0.6 is 23.1 Å². The van der Waals surface area contributed by atoms with E-state index in [1.807, 2.05) is 11.5 Å². The highest BCUT2D eigenvalue weighted by molar-refractivity contribution is 8.00. The number of nitriles is 1. The van der Waals surface area contributed by atoms with Crippen LogP contribution in [0.2, 0.25) is 0 Å². The number of aromatic nitrogens is 2. The molecule has 24 heavy (non-hydrogen) atoms. The van der Waals surface area contributed by atoms with Crippen molar-refractivity contribution >= 4 is 33.3 Å². The minimum atomic E-state index is -0.214. The molecule has 0 saturated heterocycles. The summed E-state index contributed by atoms with van der Waals surface area (Å²) in [5.74, 6) is 0.523. The molecule has 0 aromatic carbocycles. The van der Waals surface area contributed by atoms with Gasteiger partial charge < -0.3 is 0 Å². The molecule has 0 amide bonds. The van der Waals surface area contributed by atoms with Crippen molar-refractivity contribution in [3.05, 3.63) is 20.8 Å². The first-order chi connectivity index (χ1) is 11.5. The number of thiophene rings is 1. The van der Waals surface area contributed by atoms with E-state index in [9.17, 15) is 4.79 Å². The van der Waals surface area contributed by atoms with Crippen LogP contribution in [0, 0.1) is 17.2 Å². The maximum Gasteiger partial charge on any atom is 0.263 e. The van der Waals surface area contributed by atoms with Crippen molar-refractivity contribution in [2.45, 2.75) is 69.8 Å². The van der Waals surface area contributed by atoms with E-state index in [0.717, 1.165) is 35.9 Å². The molecule has 0 unspecified atom stereocenters. The van der Waals surface area contributed by atoms with Gasteiger partial charge in [0.25, 0.3) is 5.56 Å². The number of thioether (sulfide) groups is 1. The lowest BCUT2D eigenvalue weighted by atomic mass is 9.97. The summed E-state index contributed by atoms with van der Waals surface area (Å²) in [5.41, 5.74) is 1.33. The minimum absolute atomic E-state index is 0.0905. The second kappa shape index (κ2) is 7.28. The van der Waals surface area contributed by atoms with Crippen molar-refractivity contribution in [3.63, 3.8) is 0 Å². The summed E-state index contributed by atoms with van der Waals surface area (Å²) in [7, 11) is 0. The molecule has 6 heteroatoms. The van der Waals surface area contributed by atoms with Gasteiger partial charge in [-0.25, -0.2) is 4.98 Å². The molecule has 2 aromatic rings. The zero-order chi connectivity index (χ0) is 17.3. The fraction of sp³-hybridized carbons (Fsp3) is 0.611. The number of rotatable bonds is 5. The molecule has 128 valence electrons. The molecule has 0 spiro atoms. The van der Waals surface area contributed by atoms with E-state index in [0.29, 0.717) is 17.6 Å². The summed E-state index contributed by atoms with van der Waals surface area (Å²) in [4.78, 5) is 20.2. The molecule has 0 radical (unpaired) electrons.